The molecule has 1 aliphatic rings. The quantitative estimate of drug-likeness (QED) is 0.850. The van der Waals surface area contributed by atoms with Crippen LogP contribution in [0.2, 0.25) is 0 Å². The summed E-state index contributed by atoms with van der Waals surface area (Å²) in [5, 5.41) is 4.29. The number of rotatable bonds is 5. The van der Waals surface area contributed by atoms with Crippen molar-refractivity contribution in [2.75, 3.05) is 0 Å². The minimum atomic E-state index is 0.0531. The molecule has 1 saturated carbocycles. The number of nitrogens with two attached hydrogens (primary N) is 1. The average Bonchev–Trinajstić information content (AvgIpc) is 2.86. The lowest BCUT2D eigenvalue weighted by Crippen LogP contribution is -2.37. The Kier molecular flexibility index (Phi) is 5.27. The smallest absolute Gasteiger partial charge is 0.0987 e. The molecule has 1 heterocycles. The summed E-state index contributed by atoms with van der Waals surface area (Å²) in [5.41, 5.74) is 7.94. The molecule has 1 fully saturated rings. The van der Waals surface area contributed by atoms with E-state index in [-0.39, 0.29) is 12.1 Å². The van der Waals surface area contributed by atoms with Crippen LogP contribution in [0.25, 0.3) is 0 Å². The van der Waals surface area contributed by atoms with Gasteiger partial charge in [-0.25, -0.2) is 0 Å². The topological polar surface area (TPSA) is 35.2 Å². The summed E-state index contributed by atoms with van der Waals surface area (Å²) in [5.74, 6) is 0.740. The molecule has 2 nitrogen and oxygen atoms in total. The van der Waals surface area contributed by atoms with Crippen LogP contribution >= 0.6 is 11.3 Å². The van der Waals surface area contributed by atoms with Gasteiger partial charge in [0, 0.05) is 6.04 Å². The Hall–Kier alpha value is -0.380. The Balaban J connectivity index is 2.08. The Morgan fingerprint density at radius 3 is 2.75 bits per heavy atom. The van der Waals surface area contributed by atoms with Gasteiger partial charge in [0.15, 0.2) is 0 Å². The summed E-state index contributed by atoms with van der Waals surface area (Å²) in [6.45, 7) is 9.20. The number of thiophene rings is 1. The molecule has 2 N–H and O–H groups in total. The second-order valence-corrected chi connectivity index (χ2v) is 8.00. The van der Waals surface area contributed by atoms with Gasteiger partial charge in [-0.05, 0) is 59.4 Å². The minimum absolute atomic E-state index is 0.0531. The first-order chi connectivity index (χ1) is 9.41. The van der Waals surface area contributed by atoms with Gasteiger partial charge in [0.2, 0.25) is 0 Å². The lowest BCUT2D eigenvalue weighted by molar-refractivity contribution is -0.0759. The van der Waals surface area contributed by atoms with Gasteiger partial charge in [-0.2, -0.15) is 11.3 Å². The third-order valence-electron chi connectivity index (χ3n) is 4.42. The van der Waals surface area contributed by atoms with Crippen LogP contribution in [0.15, 0.2) is 16.8 Å². The number of hydrogen-bond donors (Lipinski definition) is 1. The van der Waals surface area contributed by atoms with Crippen molar-refractivity contribution in [2.24, 2.45) is 17.1 Å². The highest BCUT2D eigenvalue weighted by atomic mass is 32.1. The first-order valence-electron chi connectivity index (χ1n) is 7.84. The fourth-order valence-electron chi connectivity index (χ4n) is 3.65. The Labute approximate surface area is 127 Å². The zero-order valence-corrected chi connectivity index (χ0v) is 14.1. The molecule has 3 heteroatoms. The van der Waals surface area contributed by atoms with Crippen molar-refractivity contribution in [3.05, 3.63) is 22.4 Å². The molecule has 1 aliphatic carbocycles. The molecular weight excluding hydrogens is 266 g/mol. The van der Waals surface area contributed by atoms with Crippen LogP contribution in [-0.4, -0.2) is 12.1 Å². The van der Waals surface area contributed by atoms with Gasteiger partial charge in [0.05, 0.1) is 12.2 Å². The van der Waals surface area contributed by atoms with E-state index in [1.54, 1.807) is 11.3 Å². The molecule has 0 bridgehead atoms. The van der Waals surface area contributed by atoms with Crippen molar-refractivity contribution < 1.29 is 4.74 Å². The minimum Gasteiger partial charge on any atom is -0.369 e. The molecule has 4 unspecified atom stereocenters. The molecule has 1 aromatic rings. The first kappa shape index (κ1) is 16.0. The van der Waals surface area contributed by atoms with Crippen LogP contribution in [0.3, 0.4) is 0 Å². The molecule has 0 radical (unpaired) electrons. The molecule has 0 aromatic carbocycles. The first-order valence-corrected chi connectivity index (χ1v) is 8.78. The molecule has 114 valence electrons. The Bertz CT molecular complexity index is 401. The predicted octanol–water partition coefficient (Wildman–Crippen LogP) is 4.76. The Morgan fingerprint density at radius 2 is 2.20 bits per heavy atom. The maximum Gasteiger partial charge on any atom is 0.0987 e. The summed E-state index contributed by atoms with van der Waals surface area (Å²) in [6.07, 6.45) is 4.96. The normalized spacial score (nSPS) is 29.1. The van der Waals surface area contributed by atoms with E-state index in [0.717, 1.165) is 18.8 Å². The van der Waals surface area contributed by atoms with Gasteiger partial charge >= 0.3 is 0 Å². The fraction of sp³-hybridized carbons (Fsp3) is 0.765. The summed E-state index contributed by atoms with van der Waals surface area (Å²) < 4.78 is 6.48. The van der Waals surface area contributed by atoms with Crippen LogP contribution in [-0.2, 0) is 4.74 Å². The van der Waals surface area contributed by atoms with E-state index in [0.29, 0.717) is 11.5 Å². The van der Waals surface area contributed by atoms with Crippen LogP contribution in [0.5, 0.6) is 0 Å². The van der Waals surface area contributed by atoms with E-state index < -0.39 is 0 Å². The average molecular weight is 295 g/mol. The summed E-state index contributed by atoms with van der Waals surface area (Å²) in [6, 6.07) is 2.24. The van der Waals surface area contributed by atoms with Crippen LogP contribution in [0.1, 0.15) is 65.0 Å². The lowest BCUT2D eigenvalue weighted by atomic mass is 9.71. The van der Waals surface area contributed by atoms with Gasteiger partial charge < -0.3 is 10.5 Å². The molecule has 0 amide bonds. The van der Waals surface area contributed by atoms with Crippen LogP contribution < -0.4 is 5.73 Å². The highest BCUT2D eigenvalue weighted by molar-refractivity contribution is 7.07. The van der Waals surface area contributed by atoms with E-state index in [1.807, 2.05) is 0 Å². The van der Waals surface area contributed by atoms with E-state index in [9.17, 15) is 0 Å². The van der Waals surface area contributed by atoms with Gasteiger partial charge in [-0.1, -0.05) is 27.7 Å². The van der Waals surface area contributed by atoms with Gasteiger partial charge in [-0.15, -0.1) is 0 Å². The fourth-order valence-corrected chi connectivity index (χ4v) is 4.33. The molecule has 1 aromatic heterocycles. The highest BCUT2D eigenvalue weighted by Gasteiger charge is 2.35. The molecule has 2 rings (SSSR count). The van der Waals surface area contributed by atoms with Crippen LogP contribution in [0.4, 0.5) is 0 Å². The Morgan fingerprint density at radius 1 is 1.45 bits per heavy atom. The third-order valence-corrected chi connectivity index (χ3v) is 5.12. The van der Waals surface area contributed by atoms with Crippen LogP contribution in [0, 0.1) is 11.3 Å². The highest BCUT2D eigenvalue weighted by Crippen LogP contribution is 2.41. The zero-order valence-electron chi connectivity index (χ0n) is 13.3. The standard InChI is InChI=1S/C17H29NOS/c1-5-15(18)16(13-6-7-20-11-13)19-14-8-12(2)9-17(3,4)10-14/h6-7,11-12,14-16H,5,8-10,18H2,1-4H3. The van der Waals surface area contributed by atoms with Crippen molar-refractivity contribution in [3.63, 3.8) is 0 Å². The molecular formula is C17H29NOS. The number of ether oxygens (including phenoxy) is 1. The third kappa shape index (κ3) is 4.06. The summed E-state index contributed by atoms with van der Waals surface area (Å²) in [7, 11) is 0. The van der Waals surface area contributed by atoms with Crippen molar-refractivity contribution in [1.82, 2.24) is 0 Å². The lowest BCUT2D eigenvalue weighted by Gasteiger charge is -2.40. The largest absolute Gasteiger partial charge is 0.369 e. The summed E-state index contributed by atoms with van der Waals surface area (Å²) >= 11 is 1.72. The second-order valence-electron chi connectivity index (χ2n) is 7.22. The predicted molar refractivity (Wildman–Crippen MR) is 87.0 cm³/mol. The monoisotopic (exact) mass is 295 g/mol. The molecule has 0 aliphatic heterocycles. The van der Waals surface area contributed by atoms with Crippen molar-refractivity contribution in [1.29, 1.82) is 0 Å². The van der Waals surface area contributed by atoms with E-state index in [2.05, 4.69) is 44.5 Å². The maximum absolute atomic E-state index is 6.48. The van der Waals surface area contributed by atoms with Gasteiger partial charge in [0.1, 0.15) is 0 Å². The van der Waals surface area contributed by atoms with Crippen molar-refractivity contribution >= 4 is 11.3 Å². The molecule has 0 spiro atoms. The van der Waals surface area contributed by atoms with E-state index >= 15 is 0 Å². The maximum atomic E-state index is 6.48. The zero-order chi connectivity index (χ0) is 14.8. The van der Waals surface area contributed by atoms with Crippen molar-refractivity contribution in [2.45, 2.75) is 71.6 Å². The van der Waals surface area contributed by atoms with E-state index in [4.69, 9.17) is 10.5 Å². The second kappa shape index (κ2) is 6.59. The van der Waals surface area contributed by atoms with Gasteiger partial charge in [0.25, 0.3) is 0 Å². The van der Waals surface area contributed by atoms with Crippen molar-refractivity contribution in [3.8, 4) is 0 Å². The SMILES string of the molecule is CCC(N)C(OC1CC(C)CC(C)(C)C1)c1ccsc1. The summed E-state index contributed by atoms with van der Waals surface area (Å²) in [4.78, 5) is 0. The van der Waals surface area contributed by atoms with E-state index in [1.165, 1.54) is 18.4 Å². The number of hydrogen-bond acceptors (Lipinski definition) is 3. The molecule has 0 saturated heterocycles. The van der Waals surface area contributed by atoms with Gasteiger partial charge in [-0.3, -0.25) is 0 Å². The molecule has 20 heavy (non-hydrogen) atoms. The molecule has 4 atom stereocenters.